The van der Waals surface area contributed by atoms with Gasteiger partial charge in [-0.15, -0.1) is 0 Å². The molecule has 1 heterocycles. The molecule has 6 nitrogen and oxygen atoms in total. The number of likely N-dealkylation sites (tertiary alicyclic amines) is 1. The van der Waals surface area contributed by atoms with Gasteiger partial charge in [-0.1, -0.05) is 6.92 Å². The number of benzene rings is 1. The maximum Gasteiger partial charge on any atom is 0.242 e. The average Bonchev–Trinajstić information content (AvgIpc) is 2.50. The van der Waals surface area contributed by atoms with Gasteiger partial charge in [-0.05, 0) is 56.1 Å². The Hall–Kier alpha value is -1.44. The molecule has 0 saturated carbocycles. The third kappa shape index (κ3) is 4.76. The van der Waals surface area contributed by atoms with E-state index in [9.17, 15) is 13.2 Å². The minimum Gasteiger partial charge on any atom is -0.325 e. The molecule has 0 aromatic heterocycles. The van der Waals surface area contributed by atoms with E-state index in [0.717, 1.165) is 36.2 Å². The van der Waals surface area contributed by atoms with Gasteiger partial charge in [-0.2, -0.15) is 0 Å². The van der Waals surface area contributed by atoms with E-state index in [2.05, 4.69) is 17.1 Å². The van der Waals surface area contributed by atoms with Crippen LogP contribution < -0.4 is 5.32 Å². The Balaban J connectivity index is 1.92. The molecule has 1 aliphatic rings. The van der Waals surface area contributed by atoms with Gasteiger partial charge < -0.3 is 5.32 Å². The molecule has 1 N–H and O–H groups in total. The van der Waals surface area contributed by atoms with Crippen molar-refractivity contribution >= 4 is 21.6 Å². The second kappa shape index (κ2) is 7.42. The Morgan fingerprint density at radius 3 is 2.30 bits per heavy atom. The number of carbonyl (C=O) groups is 1. The molecule has 23 heavy (non-hydrogen) atoms. The largest absolute Gasteiger partial charge is 0.325 e. The summed E-state index contributed by atoms with van der Waals surface area (Å²) >= 11 is 0. The van der Waals surface area contributed by atoms with Gasteiger partial charge in [0.1, 0.15) is 0 Å². The topological polar surface area (TPSA) is 69.7 Å². The van der Waals surface area contributed by atoms with E-state index in [4.69, 9.17) is 0 Å². The van der Waals surface area contributed by atoms with Gasteiger partial charge in [0, 0.05) is 19.8 Å². The molecule has 1 aliphatic heterocycles. The minimum absolute atomic E-state index is 0.0669. The highest BCUT2D eigenvalue weighted by Crippen LogP contribution is 2.18. The first-order valence-electron chi connectivity index (χ1n) is 7.84. The number of piperidine rings is 1. The minimum atomic E-state index is -3.44. The highest BCUT2D eigenvalue weighted by Gasteiger charge is 2.19. The van der Waals surface area contributed by atoms with E-state index in [1.54, 1.807) is 12.1 Å². The van der Waals surface area contributed by atoms with Crippen molar-refractivity contribution in [3.8, 4) is 0 Å². The van der Waals surface area contributed by atoms with Crippen LogP contribution in [-0.2, 0) is 14.8 Å². The molecule has 1 saturated heterocycles. The van der Waals surface area contributed by atoms with Gasteiger partial charge in [0.2, 0.25) is 15.9 Å². The first-order valence-corrected chi connectivity index (χ1v) is 9.28. The summed E-state index contributed by atoms with van der Waals surface area (Å²) in [5, 5.41) is 2.82. The monoisotopic (exact) mass is 339 g/mol. The number of anilines is 1. The number of amides is 1. The zero-order chi connectivity index (χ0) is 17.0. The van der Waals surface area contributed by atoms with E-state index in [1.807, 2.05) is 0 Å². The van der Waals surface area contributed by atoms with Gasteiger partial charge in [-0.3, -0.25) is 9.69 Å². The Morgan fingerprint density at radius 2 is 1.78 bits per heavy atom. The summed E-state index contributed by atoms with van der Waals surface area (Å²) in [5.74, 6) is 0.670. The highest BCUT2D eigenvalue weighted by atomic mass is 32.2. The van der Waals surface area contributed by atoms with Crippen LogP contribution in [0.4, 0.5) is 5.69 Å². The van der Waals surface area contributed by atoms with Crippen molar-refractivity contribution in [3.63, 3.8) is 0 Å². The summed E-state index contributed by atoms with van der Waals surface area (Å²) in [6.45, 7) is 4.52. The normalized spacial score (nSPS) is 17.4. The van der Waals surface area contributed by atoms with E-state index in [0.29, 0.717) is 12.2 Å². The van der Waals surface area contributed by atoms with Crippen molar-refractivity contribution in [2.45, 2.75) is 24.7 Å². The molecule has 0 radical (unpaired) electrons. The van der Waals surface area contributed by atoms with E-state index < -0.39 is 10.0 Å². The molecule has 1 aromatic rings. The van der Waals surface area contributed by atoms with Crippen LogP contribution in [-0.4, -0.2) is 57.3 Å². The van der Waals surface area contributed by atoms with Crippen molar-refractivity contribution in [2.75, 3.05) is 39.0 Å². The predicted octanol–water partition coefficient (Wildman–Crippen LogP) is 1.61. The molecule has 0 aliphatic carbocycles. The zero-order valence-corrected chi connectivity index (χ0v) is 14.8. The lowest BCUT2D eigenvalue weighted by molar-refractivity contribution is -0.117. The summed E-state index contributed by atoms with van der Waals surface area (Å²) in [4.78, 5) is 14.4. The van der Waals surface area contributed by atoms with Gasteiger partial charge in [-0.25, -0.2) is 12.7 Å². The third-order valence-corrected chi connectivity index (χ3v) is 5.99. The number of nitrogens with one attached hydrogen (secondary N) is 1. The molecule has 7 heteroatoms. The summed E-state index contributed by atoms with van der Waals surface area (Å²) in [6.07, 6.45) is 2.26. The number of sulfonamides is 1. The second-order valence-electron chi connectivity index (χ2n) is 6.32. The maximum absolute atomic E-state index is 12.1. The summed E-state index contributed by atoms with van der Waals surface area (Å²) in [5.41, 5.74) is 0.609. The van der Waals surface area contributed by atoms with Crippen molar-refractivity contribution < 1.29 is 13.2 Å². The van der Waals surface area contributed by atoms with Crippen molar-refractivity contribution in [2.24, 2.45) is 5.92 Å². The molecule has 0 spiro atoms. The van der Waals surface area contributed by atoms with Crippen molar-refractivity contribution in [1.29, 1.82) is 0 Å². The van der Waals surface area contributed by atoms with Crippen LogP contribution in [0.25, 0.3) is 0 Å². The van der Waals surface area contributed by atoms with Crippen molar-refractivity contribution in [1.82, 2.24) is 9.21 Å². The molecule has 0 atom stereocenters. The molecule has 1 aromatic carbocycles. The third-order valence-electron chi connectivity index (χ3n) is 4.16. The molecule has 1 fully saturated rings. The summed E-state index contributed by atoms with van der Waals surface area (Å²) in [7, 11) is -0.457. The lowest BCUT2D eigenvalue weighted by atomic mass is 9.99. The number of carbonyl (C=O) groups excluding carboxylic acids is 1. The van der Waals surface area contributed by atoms with Crippen LogP contribution in [0.2, 0.25) is 0 Å². The zero-order valence-electron chi connectivity index (χ0n) is 13.9. The smallest absolute Gasteiger partial charge is 0.242 e. The summed E-state index contributed by atoms with van der Waals surface area (Å²) < 4.78 is 25.1. The number of rotatable bonds is 5. The number of hydrogen-bond donors (Lipinski definition) is 1. The Kier molecular flexibility index (Phi) is 5.78. The van der Waals surface area contributed by atoms with Gasteiger partial charge >= 0.3 is 0 Å². The second-order valence-corrected chi connectivity index (χ2v) is 8.47. The van der Waals surface area contributed by atoms with Crippen LogP contribution in [0.1, 0.15) is 19.8 Å². The number of nitrogens with zero attached hydrogens (tertiary/aromatic N) is 2. The molecule has 128 valence electrons. The number of hydrogen-bond acceptors (Lipinski definition) is 4. The SMILES string of the molecule is CC1CCN(CC(=O)Nc2ccc(S(=O)(=O)N(C)C)cc2)CC1. The Morgan fingerprint density at radius 1 is 1.22 bits per heavy atom. The first-order chi connectivity index (χ1) is 10.8. The molecule has 0 unspecified atom stereocenters. The lowest BCUT2D eigenvalue weighted by Crippen LogP contribution is -2.38. The Labute approximate surface area is 138 Å². The van der Waals surface area contributed by atoms with Crippen molar-refractivity contribution in [3.05, 3.63) is 24.3 Å². The standard InChI is InChI=1S/C16H25N3O3S/c1-13-8-10-19(11-9-13)12-16(20)17-14-4-6-15(7-5-14)23(21,22)18(2)3/h4-7,13H,8-12H2,1-3H3,(H,17,20). The molecule has 1 amide bonds. The van der Waals surface area contributed by atoms with E-state index in [-0.39, 0.29) is 10.8 Å². The average molecular weight is 339 g/mol. The van der Waals surface area contributed by atoms with Crippen LogP contribution >= 0.6 is 0 Å². The van der Waals surface area contributed by atoms with Gasteiger partial charge in [0.15, 0.2) is 0 Å². The van der Waals surface area contributed by atoms with E-state index >= 15 is 0 Å². The van der Waals surface area contributed by atoms with Crippen LogP contribution in [0.5, 0.6) is 0 Å². The fourth-order valence-electron chi connectivity index (χ4n) is 2.54. The summed E-state index contributed by atoms with van der Waals surface area (Å²) in [6, 6.07) is 6.25. The predicted molar refractivity (Wildman–Crippen MR) is 90.8 cm³/mol. The fraction of sp³-hybridized carbons (Fsp3) is 0.562. The molecule has 2 rings (SSSR count). The maximum atomic E-state index is 12.1. The fourth-order valence-corrected chi connectivity index (χ4v) is 3.45. The van der Waals surface area contributed by atoms with Crippen LogP contribution in [0, 0.1) is 5.92 Å². The lowest BCUT2D eigenvalue weighted by Gasteiger charge is -2.29. The Bertz CT molecular complexity index is 633. The first kappa shape index (κ1) is 17.9. The molecular weight excluding hydrogens is 314 g/mol. The van der Waals surface area contributed by atoms with E-state index in [1.165, 1.54) is 26.2 Å². The van der Waals surface area contributed by atoms with Gasteiger partial charge in [0.25, 0.3) is 0 Å². The molecular formula is C16H25N3O3S. The molecule has 0 bridgehead atoms. The quantitative estimate of drug-likeness (QED) is 0.885. The highest BCUT2D eigenvalue weighted by molar-refractivity contribution is 7.89. The van der Waals surface area contributed by atoms with Gasteiger partial charge in [0.05, 0.1) is 11.4 Å². The van der Waals surface area contributed by atoms with Crippen LogP contribution in [0.15, 0.2) is 29.2 Å². The van der Waals surface area contributed by atoms with Crippen LogP contribution in [0.3, 0.4) is 0 Å².